The minimum atomic E-state index is -4.60. The molecule has 0 bridgehead atoms. The average molecular weight is 353 g/mol. The number of halogens is 4. The van der Waals surface area contributed by atoms with Gasteiger partial charge in [-0.05, 0) is 24.3 Å². The van der Waals surface area contributed by atoms with E-state index in [0.717, 1.165) is 6.07 Å². The Hall–Kier alpha value is -2.34. The van der Waals surface area contributed by atoms with Crippen LogP contribution in [0.25, 0.3) is 0 Å². The van der Waals surface area contributed by atoms with E-state index >= 15 is 0 Å². The van der Waals surface area contributed by atoms with Crippen LogP contribution in [0, 0.1) is 0 Å². The van der Waals surface area contributed by atoms with Gasteiger partial charge in [0.2, 0.25) is 0 Å². The van der Waals surface area contributed by atoms with Crippen LogP contribution in [0.5, 0.6) is 0 Å². The summed E-state index contributed by atoms with van der Waals surface area (Å²) in [5, 5.41) is 0.463. The Bertz CT molecular complexity index is 817. The number of carbonyl (C=O) groups is 1. The molecule has 0 aromatic heterocycles. The van der Waals surface area contributed by atoms with Gasteiger partial charge in [0.15, 0.2) is 0 Å². The lowest BCUT2D eigenvalue weighted by atomic mass is 10.1. The number of hydrogen-bond acceptors (Lipinski definition) is 2. The van der Waals surface area contributed by atoms with Crippen LogP contribution >= 0.6 is 11.6 Å². The van der Waals surface area contributed by atoms with Crippen LogP contribution in [-0.4, -0.2) is 29.7 Å². The molecule has 2 aromatic rings. The number of alkyl halides is 3. The summed E-state index contributed by atoms with van der Waals surface area (Å²) in [5.41, 5.74) is -0.744. The van der Waals surface area contributed by atoms with E-state index in [1.165, 1.54) is 23.1 Å². The second kappa shape index (κ2) is 6.28. The minimum absolute atomic E-state index is 0.229. The normalized spacial score (nSPS) is 14.7. The predicted octanol–water partition coefficient (Wildman–Crippen LogP) is 4.26. The molecule has 1 aliphatic heterocycles. The smallest absolute Gasteiger partial charge is 0.291 e. The van der Waals surface area contributed by atoms with E-state index in [1.54, 1.807) is 24.3 Å². The SMILES string of the molecule is O=C(c1ccccc1C(F)(F)F)N1CCN=C1c1cccc(Cl)c1. The molecule has 0 unspecified atom stereocenters. The molecular formula is C17H12ClF3N2O. The third-order valence-corrected chi connectivity index (χ3v) is 3.87. The van der Waals surface area contributed by atoms with E-state index in [-0.39, 0.29) is 12.1 Å². The highest BCUT2D eigenvalue weighted by Crippen LogP contribution is 2.33. The zero-order valence-corrected chi connectivity index (χ0v) is 13.1. The molecule has 3 rings (SSSR count). The van der Waals surface area contributed by atoms with Crippen molar-refractivity contribution in [2.24, 2.45) is 4.99 Å². The molecule has 124 valence electrons. The molecule has 0 N–H and O–H groups in total. The Morgan fingerprint density at radius 3 is 2.58 bits per heavy atom. The van der Waals surface area contributed by atoms with Gasteiger partial charge < -0.3 is 0 Å². The number of rotatable bonds is 2. The number of amidine groups is 1. The largest absolute Gasteiger partial charge is 0.417 e. The summed E-state index contributed by atoms with van der Waals surface area (Å²) in [6.07, 6.45) is -4.60. The molecule has 0 spiro atoms. The van der Waals surface area contributed by atoms with Crippen LogP contribution in [-0.2, 0) is 6.18 Å². The van der Waals surface area contributed by atoms with Crippen molar-refractivity contribution in [3.63, 3.8) is 0 Å². The number of carbonyl (C=O) groups excluding carboxylic acids is 1. The molecule has 3 nitrogen and oxygen atoms in total. The summed E-state index contributed by atoms with van der Waals surface area (Å²) in [6.45, 7) is 0.564. The van der Waals surface area contributed by atoms with Crippen molar-refractivity contribution in [1.29, 1.82) is 0 Å². The standard InChI is InChI=1S/C17H12ClF3N2O/c18-12-5-3-4-11(10-12)15-22-8-9-23(15)16(24)13-6-1-2-7-14(13)17(19,20)21/h1-7,10H,8-9H2. The third kappa shape index (κ3) is 3.14. The predicted molar refractivity (Wildman–Crippen MR) is 85.3 cm³/mol. The van der Waals surface area contributed by atoms with Crippen LogP contribution in [0.15, 0.2) is 53.5 Å². The molecular weight excluding hydrogens is 341 g/mol. The Labute approximate surface area is 141 Å². The van der Waals surface area contributed by atoms with Gasteiger partial charge in [0.05, 0.1) is 17.7 Å². The van der Waals surface area contributed by atoms with Gasteiger partial charge in [0.1, 0.15) is 5.84 Å². The fourth-order valence-corrected chi connectivity index (χ4v) is 2.77. The van der Waals surface area contributed by atoms with E-state index < -0.39 is 17.6 Å². The van der Waals surface area contributed by atoms with Gasteiger partial charge in [0.25, 0.3) is 5.91 Å². The van der Waals surface area contributed by atoms with Crippen LogP contribution in [0.4, 0.5) is 13.2 Å². The van der Waals surface area contributed by atoms with E-state index in [4.69, 9.17) is 11.6 Å². The summed E-state index contributed by atoms with van der Waals surface area (Å²) in [6, 6.07) is 11.5. The first-order chi connectivity index (χ1) is 11.4. The van der Waals surface area contributed by atoms with Crippen molar-refractivity contribution in [3.8, 4) is 0 Å². The molecule has 0 atom stereocenters. The van der Waals surface area contributed by atoms with E-state index in [2.05, 4.69) is 4.99 Å². The fourth-order valence-electron chi connectivity index (χ4n) is 2.58. The van der Waals surface area contributed by atoms with Gasteiger partial charge in [-0.15, -0.1) is 0 Å². The maximum Gasteiger partial charge on any atom is 0.417 e. The Morgan fingerprint density at radius 2 is 1.88 bits per heavy atom. The Morgan fingerprint density at radius 1 is 1.12 bits per heavy atom. The summed E-state index contributed by atoms with van der Waals surface area (Å²) >= 11 is 5.95. The summed E-state index contributed by atoms with van der Waals surface area (Å²) in [4.78, 5) is 18.2. The first-order valence-electron chi connectivity index (χ1n) is 7.16. The van der Waals surface area contributed by atoms with Gasteiger partial charge >= 0.3 is 6.18 Å². The molecule has 0 fully saturated rings. The van der Waals surface area contributed by atoms with E-state index in [0.29, 0.717) is 23.0 Å². The monoisotopic (exact) mass is 352 g/mol. The summed E-state index contributed by atoms with van der Waals surface area (Å²) in [5.74, 6) is -0.390. The van der Waals surface area contributed by atoms with Crippen LogP contribution in [0.2, 0.25) is 5.02 Å². The molecule has 1 amide bonds. The molecule has 0 saturated carbocycles. The van der Waals surface area contributed by atoms with Crippen molar-refractivity contribution in [3.05, 3.63) is 70.2 Å². The minimum Gasteiger partial charge on any atom is -0.291 e. The van der Waals surface area contributed by atoms with Gasteiger partial charge in [-0.3, -0.25) is 14.7 Å². The van der Waals surface area contributed by atoms with Gasteiger partial charge in [-0.1, -0.05) is 35.9 Å². The lowest BCUT2D eigenvalue weighted by Gasteiger charge is -2.21. The number of benzene rings is 2. The highest BCUT2D eigenvalue weighted by atomic mass is 35.5. The van der Waals surface area contributed by atoms with Gasteiger partial charge in [0, 0.05) is 17.1 Å². The molecule has 0 radical (unpaired) electrons. The molecule has 24 heavy (non-hydrogen) atoms. The number of aliphatic imine (C=N–C) groups is 1. The molecule has 7 heteroatoms. The van der Waals surface area contributed by atoms with Gasteiger partial charge in [-0.25, -0.2) is 0 Å². The van der Waals surface area contributed by atoms with Crippen LogP contribution < -0.4 is 0 Å². The van der Waals surface area contributed by atoms with Crippen molar-refractivity contribution < 1.29 is 18.0 Å². The third-order valence-electron chi connectivity index (χ3n) is 3.63. The maximum atomic E-state index is 13.2. The zero-order chi connectivity index (χ0) is 17.3. The first kappa shape index (κ1) is 16.5. The average Bonchev–Trinajstić information content (AvgIpc) is 3.03. The van der Waals surface area contributed by atoms with Crippen molar-refractivity contribution >= 4 is 23.3 Å². The zero-order valence-electron chi connectivity index (χ0n) is 12.3. The van der Waals surface area contributed by atoms with Gasteiger partial charge in [-0.2, -0.15) is 13.2 Å². The first-order valence-corrected chi connectivity index (χ1v) is 7.54. The number of amides is 1. The van der Waals surface area contributed by atoms with E-state index in [1.807, 2.05) is 0 Å². The van der Waals surface area contributed by atoms with Crippen molar-refractivity contribution in [1.82, 2.24) is 4.90 Å². The van der Waals surface area contributed by atoms with Crippen LogP contribution in [0.3, 0.4) is 0 Å². The topological polar surface area (TPSA) is 32.7 Å². The van der Waals surface area contributed by atoms with Crippen molar-refractivity contribution in [2.45, 2.75) is 6.18 Å². The van der Waals surface area contributed by atoms with Crippen LogP contribution in [0.1, 0.15) is 21.5 Å². The Kier molecular flexibility index (Phi) is 4.32. The highest BCUT2D eigenvalue weighted by Gasteiger charge is 2.37. The number of nitrogens with zero attached hydrogens (tertiary/aromatic N) is 2. The highest BCUT2D eigenvalue weighted by molar-refractivity contribution is 6.31. The molecule has 0 saturated heterocycles. The number of hydrogen-bond donors (Lipinski definition) is 0. The fraction of sp³-hybridized carbons (Fsp3) is 0.176. The second-order valence-electron chi connectivity index (χ2n) is 5.22. The Balaban J connectivity index is 1.98. The summed E-state index contributed by atoms with van der Waals surface area (Å²) in [7, 11) is 0. The second-order valence-corrected chi connectivity index (χ2v) is 5.65. The molecule has 2 aromatic carbocycles. The molecule has 1 aliphatic rings. The maximum absolute atomic E-state index is 13.2. The van der Waals surface area contributed by atoms with Crippen molar-refractivity contribution in [2.75, 3.05) is 13.1 Å². The lowest BCUT2D eigenvalue weighted by Crippen LogP contribution is -2.36. The quantitative estimate of drug-likeness (QED) is 0.794. The lowest BCUT2D eigenvalue weighted by molar-refractivity contribution is -0.138. The molecule has 1 heterocycles. The molecule has 0 aliphatic carbocycles. The van der Waals surface area contributed by atoms with E-state index in [9.17, 15) is 18.0 Å². The summed E-state index contributed by atoms with van der Waals surface area (Å²) < 4.78 is 39.5.